The van der Waals surface area contributed by atoms with Crippen LogP contribution in [-0.2, 0) is 15.0 Å². The molecule has 1 amide bonds. The van der Waals surface area contributed by atoms with Crippen molar-refractivity contribution in [2.24, 2.45) is 10.9 Å². The highest BCUT2D eigenvalue weighted by Crippen LogP contribution is 2.26. The number of pyridine rings is 1. The monoisotopic (exact) mass is 368 g/mol. The van der Waals surface area contributed by atoms with Crippen LogP contribution in [0.15, 0.2) is 23.5 Å². The summed E-state index contributed by atoms with van der Waals surface area (Å²) in [5.74, 6) is -1.04. The number of aromatic nitrogens is 1. The molecule has 0 radical (unpaired) electrons. The van der Waals surface area contributed by atoms with Gasteiger partial charge < -0.3 is 5.32 Å². The Labute approximate surface area is 143 Å². The van der Waals surface area contributed by atoms with E-state index in [9.17, 15) is 23.3 Å². The fourth-order valence-corrected chi connectivity index (χ4v) is 4.21. The third kappa shape index (κ3) is 3.44. The number of hydrogen-bond acceptors (Lipinski definition) is 7. The first-order chi connectivity index (χ1) is 11.9. The fourth-order valence-electron chi connectivity index (χ4n) is 2.71. The second-order valence-electron chi connectivity index (χ2n) is 5.62. The van der Waals surface area contributed by atoms with Crippen LogP contribution in [0.5, 0.6) is 0 Å². The van der Waals surface area contributed by atoms with E-state index in [1.54, 1.807) is 0 Å². The van der Waals surface area contributed by atoms with E-state index in [4.69, 9.17) is 0 Å². The smallest absolute Gasteiger partial charge is 0.310 e. The minimum absolute atomic E-state index is 0.0252. The summed E-state index contributed by atoms with van der Waals surface area (Å²) in [6, 6.07) is 1.33. The summed E-state index contributed by atoms with van der Waals surface area (Å²) in [6.45, 7) is 0.947. The maximum Gasteiger partial charge on any atom is 0.310 e. The van der Waals surface area contributed by atoms with Gasteiger partial charge in [0.15, 0.2) is 0 Å². The second kappa shape index (κ2) is 6.72. The molecule has 0 aliphatic carbocycles. The molecule has 0 spiro atoms. The molecule has 1 unspecified atom stereocenters. The van der Waals surface area contributed by atoms with Gasteiger partial charge in [0, 0.05) is 19.3 Å². The van der Waals surface area contributed by atoms with Gasteiger partial charge in [-0.15, -0.1) is 0 Å². The van der Waals surface area contributed by atoms with Crippen LogP contribution in [0.3, 0.4) is 0 Å². The maximum atomic E-state index is 12.4. The molecule has 0 aromatic carbocycles. The summed E-state index contributed by atoms with van der Waals surface area (Å²) in [6.07, 6.45) is 4.01. The highest BCUT2D eigenvalue weighted by Gasteiger charge is 2.38. The highest BCUT2D eigenvalue weighted by atomic mass is 32.2. The molecule has 2 aliphatic rings. The molecule has 25 heavy (non-hydrogen) atoms. The normalized spacial score (nSPS) is 20.8. The van der Waals surface area contributed by atoms with Gasteiger partial charge in [-0.25, -0.2) is 4.31 Å². The van der Waals surface area contributed by atoms with E-state index in [2.05, 4.69) is 15.3 Å². The zero-order valence-electron chi connectivity index (χ0n) is 13.1. The standard InChI is InChI=1S/C13H16N6O5S/c20-13(16-11-1-3-14-7-12(11)19(21)22)10-2-5-17(8-10)25(23,24)18-6-4-15-9-18/h1,3,7,9-10H,2,4-6,8H2,(H,14,16,20). The molecule has 1 fully saturated rings. The second-order valence-corrected chi connectivity index (χ2v) is 7.50. The predicted molar refractivity (Wildman–Crippen MR) is 88.2 cm³/mol. The molecule has 3 rings (SSSR count). The minimum atomic E-state index is -3.68. The summed E-state index contributed by atoms with van der Waals surface area (Å²) in [5.41, 5.74) is -0.274. The van der Waals surface area contributed by atoms with Crippen LogP contribution in [0.2, 0.25) is 0 Å². The highest BCUT2D eigenvalue weighted by molar-refractivity contribution is 7.87. The molecule has 1 atom stereocenters. The lowest BCUT2D eigenvalue weighted by molar-refractivity contribution is -0.384. The van der Waals surface area contributed by atoms with Crippen LogP contribution in [0.4, 0.5) is 11.4 Å². The van der Waals surface area contributed by atoms with Crippen LogP contribution in [0, 0.1) is 16.0 Å². The molecule has 1 aromatic heterocycles. The van der Waals surface area contributed by atoms with Crippen molar-refractivity contribution in [3.8, 4) is 0 Å². The van der Waals surface area contributed by atoms with Crippen LogP contribution in [-0.4, -0.2) is 65.4 Å². The molecule has 3 heterocycles. The van der Waals surface area contributed by atoms with Crippen molar-refractivity contribution in [3.05, 3.63) is 28.6 Å². The van der Waals surface area contributed by atoms with Gasteiger partial charge in [0.05, 0.1) is 23.9 Å². The number of hydrogen-bond donors (Lipinski definition) is 1. The number of nitrogens with one attached hydrogen (secondary N) is 1. The lowest BCUT2D eigenvalue weighted by atomic mass is 10.1. The molecular weight excluding hydrogens is 352 g/mol. The average Bonchev–Trinajstić information content (AvgIpc) is 3.27. The molecule has 0 bridgehead atoms. The molecule has 1 N–H and O–H groups in total. The van der Waals surface area contributed by atoms with E-state index in [1.807, 2.05) is 0 Å². The van der Waals surface area contributed by atoms with Crippen molar-refractivity contribution < 1.29 is 18.1 Å². The van der Waals surface area contributed by atoms with Crippen LogP contribution in [0.25, 0.3) is 0 Å². The molecule has 12 heteroatoms. The van der Waals surface area contributed by atoms with Gasteiger partial charge in [-0.1, -0.05) is 0 Å². The van der Waals surface area contributed by atoms with Crippen molar-refractivity contribution in [1.29, 1.82) is 0 Å². The van der Waals surface area contributed by atoms with Crippen molar-refractivity contribution in [1.82, 2.24) is 13.6 Å². The van der Waals surface area contributed by atoms with E-state index in [0.29, 0.717) is 19.5 Å². The van der Waals surface area contributed by atoms with Gasteiger partial charge >= 0.3 is 15.9 Å². The van der Waals surface area contributed by atoms with Crippen LogP contribution < -0.4 is 5.32 Å². The third-order valence-electron chi connectivity index (χ3n) is 4.06. The molecule has 1 aromatic rings. The topological polar surface area (TPSA) is 138 Å². The third-order valence-corrected chi connectivity index (χ3v) is 5.91. The molecule has 0 saturated carbocycles. The fraction of sp³-hybridized carbons (Fsp3) is 0.462. The Kier molecular flexibility index (Phi) is 4.63. The molecule has 1 saturated heterocycles. The van der Waals surface area contributed by atoms with Gasteiger partial charge in [-0.3, -0.25) is 24.9 Å². The average molecular weight is 368 g/mol. The van der Waals surface area contributed by atoms with Crippen LogP contribution in [0.1, 0.15) is 6.42 Å². The zero-order valence-corrected chi connectivity index (χ0v) is 13.9. The first kappa shape index (κ1) is 17.2. The number of amides is 1. The zero-order chi connectivity index (χ0) is 18.0. The summed E-state index contributed by atoms with van der Waals surface area (Å²) >= 11 is 0. The number of nitro groups is 1. The number of carbonyl (C=O) groups excluding carboxylic acids is 1. The number of rotatable bonds is 5. The van der Waals surface area contributed by atoms with Crippen LogP contribution >= 0.6 is 0 Å². The Hall–Kier alpha value is -2.60. The predicted octanol–water partition coefficient (Wildman–Crippen LogP) is -0.161. The quantitative estimate of drug-likeness (QED) is 0.566. The van der Waals surface area contributed by atoms with Crippen molar-refractivity contribution in [3.63, 3.8) is 0 Å². The Bertz CT molecular complexity index is 826. The van der Waals surface area contributed by atoms with E-state index in [0.717, 1.165) is 10.5 Å². The Morgan fingerprint density at radius 3 is 2.88 bits per heavy atom. The van der Waals surface area contributed by atoms with Crippen molar-refractivity contribution in [2.75, 3.05) is 31.5 Å². The molecule has 2 aliphatic heterocycles. The number of carbonyl (C=O) groups is 1. The Morgan fingerprint density at radius 2 is 2.20 bits per heavy atom. The van der Waals surface area contributed by atoms with E-state index < -0.39 is 27.0 Å². The SMILES string of the molecule is O=C(Nc1ccncc1[N+](=O)[O-])C1CCN(S(=O)(=O)N2C=NCC2)C1. The van der Waals surface area contributed by atoms with Gasteiger partial charge in [-0.2, -0.15) is 12.7 Å². The largest absolute Gasteiger partial charge is 0.320 e. The summed E-state index contributed by atoms with van der Waals surface area (Å²) in [5, 5.41) is 13.5. The Balaban J connectivity index is 1.67. The minimum Gasteiger partial charge on any atom is -0.320 e. The first-order valence-electron chi connectivity index (χ1n) is 7.55. The molecular formula is C13H16N6O5S. The maximum absolute atomic E-state index is 12.4. The molecule has 134 valence electrons. The number of anilines is 1. The van der Waals surface area contributed by atoms with Gasteiger partial charge in [0.25, 0.3) is 0 Å². The molecule has 11 nitrogen and oxygen atoms in total. The van der Waals surface area contributed by atoms with E-state index in [1.165, 1.54) is 22.9 Å². The summed E-state index contributed by atoms with van der Waals surface area (Å²) < 4.78 is 27.3. The number of aliphatic imine (C=N–C) groups is 1. The van der Waals surface area contributed by atoms with Gasteiger partial charge in [-0.05, 0) is 12.5 Å². The van der Waals surface area contributed by atoms with E-state index >= 15 is 0 Å². The summed E-state index contributed by atoms with van der Waals surface area (Å²) in [4.78, 5) is 30.2. The van der Waals surface area contributed by atoms with Gasteiger partial charge in [0.1, 0.15) is 18.2 Å². The van der Waals surface area contributed by atoms with Crippen molar-refractivity contribution in [2.45, 2.75) is 6.42 Å². The first-order valence-corrected chi connectivity index (χ1v) is 8.95. The lowest BCUT2D eigenvalue weighted by Gasteiger charge is -2.22. The summed E-state index contributed by atoms with van der Waals surface area (Å²) in [7, 11) is -3.68. The van der Waals surface area contributed by atoms with Crippen molar-refractivity contribution >= 4 is 33.8 Å². The van der Waals surface area contributed by atoms with E-state index in [-0.39, 0.29) is 24.5 Å². The lowest BCUT2D eigenvalue weighted by Crippen LogP contribution is -2.41. The Morgan fingerprint density at radius 1 is 1.40 bits per heavy atom. The number of nitrogens with zero attached hydrogens (tertiary/aromatic N) is 5. The van der Waals surface area contributed by atoms with Gasteiger partial charge in [0.2, 0.25) is 5.91 Å².